The standard InChI is InChI=1S/C22H27N3O/c1-16-13-20(23-19-6-3-2-5-18(16)19)24-12-4-10-22(14-24)11-9-21(26)25(15-22)17-7-8-17/h2-3,5-6,13,17H,4,7-12,14-15H2,1H3/t22-/m0/s1. The average molecular weight is 349 g/mol. The number of anilines is 1. The number of benzene rings is 1. The lowest BCUT2D eigenvalue weighted by Crippen LogP contribution is -2.54. The predicted octanol–water partition coefficient (Wildman–Crippen LogP) is 3.91. The molecule has 1 saturated carbocycles. The number of carbonyl (C=O) groups is 1. The number of fused-ring (bicyclic) bond motifs is 1. The Bertz CT molecular complexity index is 860. The van der Waals surface area contributed by atoms with E-state index in [1.54, 1.807) is 0 Å². The largest absolute Gasteiger partial charge is 0.356 e. The molecule has 5 rings (SSSR count). The van der Waals surface area contributed by atoms with E-state index in [1.807, 2.05) is 0 Å². The normalized spacial score (nSPS) is 26.7. The van der Waals surface area contributed by atoms with Crippen molar-refractivity contribution in [2.24, 2.45) is 5.41 Å². The van der Waals surface area contributed by atoms with Crippen molar-refractivity contribution in [3.05, 3.63) is 35.9 Å². The predicted molar refractivity (Wildman–Crippen MR) is 104 cm³/mol. The first kappa shape index (κ1) is 16.1. The van der Waals surface area contributed by atoms with Gasteiger partial charge < -0.3 is 9.80 Å². The van der Waals surface area contributed by atoms with E-state index in [0.717, 1.165) is 43.8 Å². The summed E-state index contributed by atoms with van der Waals surface area (Å²) in [4.78, 5) is 22.0. The Morgan fingerprint density at radius 2 is 2.00 bits per heavy atom. The summed E-state index contributed by atoms with van der Waals surface area (Å²) in [5.41, 5.74) is 2.64. The Morgan fingerprint density at radius 3 is 2.85 bits per heavy atom. The van der Waals surface area contributed by atoms with Crippen LogP contribution in [0, 0.1) is 12.3 Å². The molecule has 1 aromatic heterocycles. The van der Waals surface area contributed by atoms with Crippen LogP contribution in [0.5, 0.6) is 0 Å². The second kappa shape index (κ2) is 5.97. The number of aromatic nitrogens is 1. The molecule has 2 aromatic rings. The second-order valence-corrected chi connectivity index (χ2v) is 8.59. The monoisotopic (exact) mass is 349 g/mol. The van der Waals surface area contributed by atoms with Gasteiger partial charge in [-0.1, -0.05) is 18.2 Å². The van der Waals surface area contributed by atoms with Gasteiger partial charge in [0.15, 0.2) is 0 Å². The molecule has 26 heavy (non-hydrogen) atoms. The van der Waals surface area contributed by atoms with Crippen molar-refractivity contribution in [3.63, 3.8) is 0 Å². The van der Waals surface area contributed by atoms with Crippen LogP contribution in [0.15, 0.2) is 30.3 Å². The SMILES string of the molecule is Cc1cc(N2CCC[C@]3(CCC(=O)N(C4CC4)C3)C2)nc2ccccc12. The molecular formula is C22H27N3O. The Labute approximate surface area is 155 Å². The van der Waals surface area contributed by atoms with Crippen LogP contribution < -0.4 is 4.90 Å². The molecule has 2 saturated heterocycles. The molecule has 1 amide bonds. The fraction of sp³-hybridized carbons (Fsp3) is 0.545. The van der Waals surface area contributed by atoms with E-state index in [9.17, 15) is 4.79 Å². The van der Waals surface area contributed by atoms with Gasteiger partial charge in [0.25, 0.3) is 0 Å². The van der Waals surface area contributed by atoms with Crippen LogP contribution in [0.25, 0.3) is 10.9 Å². The Morgan fingerprint density at radius 1 is 1.15 bits per heavy atom. The molecule has 1 atom stereocenters. The Kier molecular flexibility index (Phi) is 3.70. The van der Waals surface area contributed by atoms with Crippen LogP contribution in [0.2, 0.25) is 0 Å². The summed E-state index contributed by atoms with van der Waals surface area (Å²) in [6.45, 7) is 5.25. The summed E-state index contributed by atoms with van der Waals surface area (Å²) >= 11 is 0. The number of pyridine rings is 1. The number of likely N-dealkylation sites (tertiary alicyclic amines) is 1. The quantitative estimate of drug-likeness (QED) is 0.825. The van der Waals surface area contributed by atoms with Gasteiger partial charge in [-0.3, -0.25) is 4.79 Å². The van der Waals surface area contributed by atoms with E-state index < -0.39 is 0 Å². The fourth-order valence-corrected chi connectivity index (χ4v) is 4.99. The van der Waals surface area contributed by atoms with E-state index in [-0.39, 0.29) is 5.41 Å². The molecule has 0 bridgehead atoms. The highest BCUT2D eigenvalue weighted by Crippen LogP contribution is 2.43. The number of carbonyl (C=O) groups excluding carboxylic acids is 1. The van der Waals surface area contributed by atoms with Gasteiger partial charge in [-0.25, -0.2) is 4.98 Å². The van der Waals surface area contributed by atoms with Crippen LogP contribution in [-0.2, 0) is 4.79 Å². The lowest BCUT2D eigenvalue weighted by atomic mass is 9.73. The van der Waals surface area contributed by atoms with Gasteiger partial charge in [-0.15, -0.1) is 0 Å². The van der Waals surface area contributed by atoms with Gasteiger partial charge in [0.2, 0.25) is 5.91 Å². The number of rotatable bonds is 2. The zero-order valence-electron chi connectivity index (χ0n) is 15.6. The Hall–Kier alpha value is -2.10. The first-order valence-electron chi connectivity index (χ1n) is 10.0. The number of hydrogen-bond donors (Lipinski definition) is 0. The second-order valence-electron chi connectivity index (χ2n) is 8.59. The molecule has 3 fully saturated rings. The highest BCUT2D eigenvalue weighted by molar-refractivity contribution is 5.84. The van der Waals surface area contributed by atoms with Crippen molar-refractivity contribution in [1.82, 2.24) is 9.88 Å². The third kappa shape index (κ3) is 2.76. The van der Waals surface area contributed by atoms with Crippen LogP contribution in [-0.4, -0.2) is 41.5 Å². The molecule has 1 aliphatic carbocycles. The van der Waals surface area contributed by atoms with Crippen molar-refractivity contribution >= 4 is 22.6 Å². The van der Waals surface area contributed by atoms with Gasteiger partial charge in [-0.2, -0.15) is 0 Å². The molecular weight excluding hydrogens is 322 g/mol. The maximum absolute atomic E-state index is 12.3. The van der Waals surface area contributed by atoms with E-state index in [4.69, 9.17) is 4.98 Å². The fourth-order valence-electron chi connectivity index (χ4n) is 4.99. The highest BCUT2D eigenvalue weighted by Gasteiger charge is 2.45. The summed E-state index contributed by atoms with van der Waals surface area (Å²) in [5, 5.41) is 1.24. The van der Waals surface area contributed by atoms with Gasteiger partial charge in [-0.05, 0) is 56.7 Å². The van der Waals surface area contributed by atoms with Crippen molar-refractivity contribution in [1.29, 1.82) is 0 Å². The molecule has 4 nitrogen and oxygen atoms in total. The zero-order valence-corrected chi connectivity index (χ0v) is 15.6. The molecule has 1 spiro atoms. The lowest BCUT2D eigenvalue weighted by Gasteiger charge is -2.48. The summed E-state index contributed by atoms with van der Waals surface area (Å²) < 4.78 is 0. The van der Waals surface area contributed by atoms with Gasteiger partial charge >= 0.3 is 0 Å². The van der Waals surface area contributed by atoms with Crippen LogP contribution >= 0.6 is 0 Å². The highest BCUT2D eigenvalue weighted by atomic mass is 16.2. The van der Waals surface area contributed by atoms with Crippen LogP contribution in [0.3, 0.4) is 0 Å². The average Bonchev–Trinajstić information content (AvgIpc) is 3.49. The van der Waals surface area contributed by atoms with Gasteiger partial charge in [0, 0.05) is 42.9 Å². The summed E-state index contributed by atoms with van der Waals surface area (Å²) in [6.07, 6.45) is 6.62. The summed E-state index contributed by atoms with van der Waals surface area (Å²) in [7, 11) is 0. The van der Waals surface area contributed by atoms with Gasteiger partial charge in [0.1, 0.15) is 5.82 Å². The molecule has 1 aromatic carbocycles. The molecule has 3 aliphatic rings. The lowest BCUT2D eigenvalue weighted by molar-refractivity contribution is -0.138. The number of para-hydroxylation sites is 1. The third-order valence-corrected chi connectivity index (χ3v) is 6.58. The number of amides is 1. The van der Waals surface area contributed by atoms with E-state index in [0.29, 0.717) is 11.9 Å². The van der Waals surface area contributed by atoms with E-state index in [1.165, 1.54) is 36.6 Å². The van der Waals surface area contributed by atoms with Crippen molar-refractivity contribution in [2.75, 3.05) is 24.5 Å². The maximum atomic E-state index is 12.3. The van der Waals surface area contributed by atoms with Crippen LogP contribution in [0.1, 0.15) is 44.1 Å². The number of nitrogens with zero attached hydrogens (tertiary/aromatic N) is 3. The number of aryl methyl sites for hydroxylation is 1. The minimum atomic E-state index is 0.260. The van der Waals surface area contributed by atoms with Crippen LogP contribution in [0.4, 0.5) is 5.82 Å². The molecule has 136 valence electrons. The minimum absolute atomic E-state index is 0.260. The maximum Gasteiger partial charge on any atom is 0.222 e. The number of piperidine rings is 2. The molecule has 0 unspecified atom stereocenters. The Balaban J connectivity index is 1.43. The summed E-state index contributed by atoms with van der Waals surface area (Å²) in [6, 6.07) is 11.2. The van der Waals surface area contributed by atoms with E-state index in [2.05, 4.69) is 47.1 Å². The number of hydrogen-bond acceptors (Lipinski definition) is 3. The first-order chi connectivity index (χ1) is 12.6. The van der Waals surface area contributed by atoms with Crippen molar-refractivity contribution in [2.45, 2.75) is 51.5 Å². The first-order valence-corrected chi connectivity index (χ1v) is 10.0. The molecule has 0 radical (unpaired) electrons. The molecule has 3 heterocycles. The molecule has 2 aliphatic heterocycles. The molecule has 4 heteroatoms. The smallest absolute Gasteiger partial charge is 0.222 e. The third-order valence-electron chi connectivity index (χ3n) is 6.58. The minimum Gasteiger partial charge on any atom is -0.356 e. The van der Waals surface area contributed by atoms with Crippen molar-refractivity contribution in [3.8, 4) is 0 Å². The van der Waals surface area contributed by atoms with E-state index >= 15 is 0 Å². The van der Waals surface area contributed by atoms with Crippen molar-refractivity contribution < 1.29 is 4.79 Å². The zero-order chi connectivity index (χ0) is 17.7. The van der Waals surface area contributed by atoms with Gasteiger partial charge in [0.05, 0.1) is 5.52 Å². The molecule has 0 N–H and O–H groups in total. The summed E-state index contributed by atoms with van der Waals surface area (Å²) in [5.74, 6) is 1.49. The topological polar surface area (TPSA) is 36.4 Å².